The average Bonchev–Trinajstić information content (AvgIpc) is 2.83. The van der Waals surface area contributed by atoms with Gasteiger partial charge in [-0.05, 0) is 25.5 Å². The Morgan fingerprint density at radius 3 is 2.85 bits per heavy atom. The zero-order valence-corrected chi connectivity index (χ0v) is 11.9. The van der Waals surface area contributed by atoms with E-state index in [1.165, 1.54) is 0 Å². The topological polar surface area (TPSA) is 79.9 Å². The molecule has 7 heteroatoms. The highest BCUT2D eigenvalue weighted by molar-refractivity contribution is 6.32. The van der Waals surface area contributed by atoms with Crippen molar-refractivity contribution in [3.05, 3.63) is 35.1 Å². The van der Waals surface area contributed by atoms with Gasteiger partial charge in [-0.25, -0.2) is 0 Å². The number of benzene rings is 1. The van der Waals surface area contributed by atoms with E-state index in [0.717, 1.165) is 0 Å². The van der Waals surface area contributed by atoms with Gasteiger partial charge in [-0.3, -0.25) is 15.2 Å². The predicted molar refractivity (Wildman–Crippen MR) is 75.9 cm³/mol. The maximum atomic E-state index is 12.1. The van der Waals surface area contributed by atoms with E-state index >= 15 is 0 Å². The summed E-state index contributed by atoms with van der Waals surface area (Å²) in [5, 5.41) is 9.56. The number of para-hydroxylation sites is 1. The van der Waals surface area contributed by atoms with Crippen molar-refractivity contribution >= 4 is 23.5 Å². The molecule has 1 amide bonds. The Morgan fingerprint density at radius 2 is 2.25 bits per heavy atom. The second-order valence-corrected chi connectivity index (χ2v) is 4.59. The fourth-order valence-electron chi connectivity index (χ4n) is 1.61. The van der Waals surface area contributed by atoms with Crippen molar-refractivity contribution in [3.63, 3.8) is 0 Å². The van der Waals surface area contributed by atoms with E-state index in [2.05, 4.69) is 20.5 Å². The molecular formula is C13H15ClN4O2. The van der Waals surface area contributed by atoms with Crippen LogP contribution in [-0.4, -0.2) is 27.2 Å². The molecule has 106 valence electrons. The van der Waals surface area contributed by atoms with Gasteiger partial charge in [-0.1, -0.05) is 30.7 Å². The van der Waals surface area contributed by atoms with Crippen LogP contribution >= 0.6 is 11.6 Å². The molecule has 0 spiro atoms. The minimum Gasteiger partial charge on any atom is -0.479 e. The van der Waals surface area contributed by atoms with Crippen LogP contribution in [0.5, 0.6) is 5.75 Å². The van der Waals surface area contributed by atoms with E-state index in [1.807, 2.05) is 6.92 Å². The van der Waals surface area contributed by atoms with Gasteiger partial charge < -0.3 is 4.74 Å². The molecule has 2 rings (SSSR count). The van der Waals surface area contributed by atoms with Crippen molar-refractivity contribution in [2.45, 2.75) is 26.4 Å². The molecule has 0 bridgehead atoms. The lowest BCUT2D eigenvalue weighted by atomic mass is 10.2. The number of anilines is 1. The summed E-state index contributed by atoms with van der Waals surface area (Å²) >= 11 is 6.01. The van der Waals surface area contributed by atoms with Crippen LogP contribution in [-0.2, 0) is 4.79 Å². The Morgan fingerprint density at radius 1 is 1.50 bits per heavy atom. The second kappa shape index (κ2) is 6.38. The van der Waals surface area contributed by atoms with Crippen molar-refractivity contribution in [2.75, 3.05) is 5.32 Å². The maximum absolute atomic E-state index is 12.1. The van der Waals surface area contributed by atoms with Crippen molar-refractivity contribution in [2.24, 2.45) is 0 Å². The van der Waals surface area contributed by atoms with E-state index in [1.54, 1.807) is 31.2 Å². The minimum atomic E-state index is -0.659. The third-order valence-electron chi connectivity index (χ3n) is 2.60. The third-order valence-corrected chi connectivity index (χ3v) is 2.91. The van der Waals surface area contributed by atoms with Crippen molar-refractivity contribution in [1.82, 2.24) is 15.2 Å². The van der Waals surface area contributed by atoms with Gasteiger partial charge in [-0.15, -0.1) is 5.10 Å². The lowest BCUT2D eigenvalue weighted by molar-refractivity contribution is -0.122. The first kappa shape index (κ1) is 14.3. The summed E-state index contributed by atoms with van der Waals surface area (Å²) in [6, 6.07) is 7.02. The number of hydrogen-bond acceptors (Lipinski definition) is 4. The number of aromatic amines is 1. The Labute approximate surface area is 121 Å². The number of hydrogen-bond donors (Lipinski definition) is 2. The molecule has 1 aromatic heterocycles. The average molecular weight is 295 g/mol. The fourth-order valence-corrected chi connectivity index (χ4v) is 1.79. The summed E-state index contributed by atoms with van der Waals surface area (Å²) in [6.45, 7) is 3.60. The highest BCUT2D eigenvalue weighted by atomic mass is 35.5. The molecule has 20 heavy (non-hydrogen) atoms. The number of amides is 1. The molecule has 0 saturated carbocycles. The largest absolute Gasteiger partial charge is 0.479 e. The molecule has 1 atom stereocenters. The monoisotopic (exact) mass is 294 g/mol. The number of carbonyl (C=O) groups is 1. The van der Waals surface area contributed by atoms with Crippen LogP contribution in [0.2, 0.25) is 5.02 Å². The number of carbonyl (C=O) groups excluding carboxylic acids is 1. The van der Waals surface area contributed by atoms with Crippen LogP contribution in [0.1, 0.15) is 19.2 Å². The van der Waals surface area contributed by atoms with Gasteiger partial charge in [0.2, 0.25) is 5.95 Å². The lowest BCUT2D eigenvalue weighted by Crippen LogP contribution is -2.32. The van der Waals surface area contributed by atoms with Crippen molar-refractivity contribution in [3.8, 4) is 5.75 Å². The molecule has 0 unspecified atom stereocenters. The predicted octanol–water partition coefficient (Wildman–Crippen LogP) is 2.56. The Balaban J connectivity index is 2.04. The van der Waals surface area contributed by atoms with E-state index in [0.29, 0.717) is 23.0 Å². The van der Waals surface area contributed by atoms with Crippen LogP contribution in [0.4, 0.5) is 5.95 Å². The molecule has 1 heterocycles. The zero-order valence-electron chi connectivity index (χ0n) is 11.2. The molecular weight excluding hydrogens is 280 g/mol. The molecule has 2 aromatic rings. The number of H-pyrrole nitrogens is 1. The Hall–Kier alpha value is -2.08. The van der Waals surface area contributed by atoms with Crippen LogP contribution in [0.3, 0.4) is 0 Å². The van der Waals surface area contributed by atoms with Gasteiger partial charge >= 0.3 is 0 Å². The SMILES string of the molecule is CC[C@H](Oc1ccccc1Cl)C(=O)Nc1n[nH]c(C)n1. The summed E-state index contributed by atoms with van der Waals surface area (Å²) in [5.74, 6) is 1.02. The quantitative estimate of drug-likeness (QED) is 0.888. The summed E-state index contributed by atoms with van der Waals surface area (Å²) < 4.78 is 5.63. The summed E-state index contributed by atoms with van der Waals surface area (Å²) in [6.07, 6.45) is -0.158. The van der Waals surface area contributed by atoms with E-state index < -0.39 is 6.10 Å². The maximum Gasteiger partial charge on any atom is 0.267 e. The number of halogens is 1. The molecule has 1 aromatic carbocycles. The Kier molecular flexibility index (Phi) is 4.57. The van der Waals surface area contributed by atoms with E-state index in [-0.39, 0.29) is 11.9 Å². The normalized spacial score (nSPS) is 11.9. The van der Waals surface area contributed by atoms with Crippen LogP contribution < -0.4 is 10.1 Å². The van der Waals surface area contributed by atoms with E-state index in [4.69, 9.17) is 16.3 Å². The smallest absolute Gasteiger partial charge is 0.267 e. The molecule has 6 nitrogen and oxygen atoms in total. The van der Waals surface area contributed by atoms with Gasteiger partial charge in [0.15, 0.2) is 6.10 Å². The van der Waals surface area contributed by atoms with Crippen LogP contribution in [0.25, 0.3) is 0 Å². The second-order valence-electron chi connectivity index (χ2n) is 4.18. The fraction of sp³-hybridized carbons (Fsp3) is 0.308. The van der Waals surface area contributed by atoms with Gasteiger partial charge in [0.1, 0.15) is 11.6 Å². The zero-order chi connectivity index (χ0) is 14.5. The first-order chi connectivity index (χ1) is 9.60. The van der Waals surface area contributed by atoms with Gasteiger partial charge in [0.25, 0.3) is 5.91 Å². The summed E-state index contributed by atoms with van der Waals surface area (Å²) in [5.41, 5.74) is 0. The molecule has 0 aliphatic heterocycles. The number of rotatable bonds is 5. The molecule has 0 fully saturated rings. The van der Waals surface area contributed by atoms with Crippen molar-refractivity contribution in [1.29, 1.82) is 0 Å². The van der Waals surface area contributed by atoms with Crippen LogP contribution in [0.15, 0.2) is 24.3 Å². The summed E-state index contributed by atoms with van der Waals surface area (Å²) in [7, 11) is 0. The minimum absolute atomic E-state index is 0.230. The number of aryl methyl sites for hydroxylation is 1. The van der Waals surface area contributed by atoms with Gasteiger partial charge in [0, 0.05) is 0 Å². The molecule has 0 radical (unpaired) electrons. The van der Waals surface area contributed by atoms with Crippen molar-refractivity contribution < 1.29 is 9.53 Å². The number of nitrogens with zero attached hydrogens (tertiary/aromatic N) is 2. The van der Waals surface area contributed by atoms with Gasteiger partial charge in [-0.2, -0.15) is 4.98 Å². The standard InChI is InChI=1S/C13H15ClN4O2/c1-3-10(20-11-7-5-4-6-9(11)14)12(19)16-13-15-8(2)17-18-13/h4-7,10H,3H2,1-2H3,(H2,15,16,17,18,19)/t10-/m0/s1. The Bertz CT molecular complexity index is 600. The molecule has 0 aliphatic rings. The first-order valence-electron chi connectivity index (χ1n) is 6.21. The highest BCUT2D eigenvalue weighted by Crippen LogP contribution is 2.25. The number of nitrogens with one attached hydrogen (secondary N) is 2. The van der Waals surface area contributed by atoms with Crippen LogP contribution in [0, 0.1) is 6.92 Å². The van der Waals surface area contributed by atoms with E-state index in [9.17, 15) is 4.79 Å². The number of ether oxygens (including phenoxy) is 1. The highest BCUT2D eigenvalue weighted by Gasteiger charge is 2.20. The molecule has 0 saturated heterocycles. The third kappa shape index (κ3) is 3.48. The van der Waals surface area contributed by atoms with Gasteiger partial charge in [0.05, 0.1) is 5.02 Å². The molecule has 0 aliphatic carbocycles. The number of aromatic nitrogens is 3. The summed E-state index contributed by atoms with van der Waals surface area (Å²) in [4.78, 5) is 16.1. The molecule has 2 N–H and O–H groups in total. The lowest BCUT2D eigenvalue weighted by Gasteiger charge is -2.16. The first-order valence-corrected chi connectivity index (χ1v) is 6.59.